The Morgan fingerprint density at radius 1 is 1.69 bits per heavy atom. The van der Waals surface area contributed by atoms with Crippen LogP contribution in [0.2, 0.25) is 0 Å². The van der Waals surface area contributed by atoms with Gasteiger partial charge in [-0.2, -0.15) is 0 Å². The van der Waals surface area contributed by atoms with E-state index in [0.717, 1.165) is 11.6 Å². The fourth-order valence-corrected chi connectivity index (χ4v) is 1.97. The van der Waals surface area contributed by atoms with Gasteiger partial charge in [0, 0.05) is 12.2 Å². The first-order chi connectivity index (χ1) is 6.31. The standard InChI is InChI=1S/C10H15ClN2/c1-8(9-3-2-4-9)13-6-10(5-11)12-7-13/h6-9H,2-5H2,1H3. The first kappa shape index (κ1) is 9.07. The molecule has 0 spiro atoms. The number of halogens is 1. The Labute approximate surface area is 83.9 Å². The fourth-order valence-electron chi connectivity index (χ4n) is 1.84. The number of alkyl halides is 1. The quantitative estimate of drug-likeness (QED) is 0.683. The van der Waals surface area contributed by atoms with Crippen LogP contribution < -0.4 is 0 Å². The summed E-state index contributed by atoms with van der Waals surface area (Å²) in [6.07, 6.45) is 8.11. The Balaban J connectivity index is 2.05. The lowest BCUT2D eigenvalue weighted by Gasteiger charge is -2.32. The Morgan fingerprint density at radius 2 is 2.46 bits per heavy atom. The van der Waals surface area contributed by atoms with Crippen molar-refractivity contribution in [2.75, 3.05) is 0 Å². The molecule has 1 aromatic rings. The lowest BCUT2D eigenvalue weighted by atomic mass is 9.80. The molecule has 0 saturated heterocycles. The van der Waals surface area contributed by atoms with Gasteiger partial charge in [-0.3, -0.25) is 0 Å². The predicted molar refractivity (Wildman–Crippen MR) is 53.8 cm³/mol. The van der Waals surface area contributed by atoms with E-state index >= 15 is 0 Å². The first-order valence-electron chi connectivity index (χ1n) is 4.89. The van der Waals surface area contributed by atoms with Gasteiger partial charge in [0.05, 0.1) is 17.9 Å². The summed E-state index contributed by atoms with van der Waals surface area (Å²) in [6, 6.07) is 0.596. The summed E-state index contributed by atoms with van der Waals surface area (Å²) in [5, 5.41) is 0. The molecule has 0 radical (unpaired) electrons. The molecule has 1 aromatic heterocycles. The van der Waals surface area contributed by atoms with Crippen molar-refractivity contribution in [3.05, 3.63) is 18.2 Å². The van der Waals surface area contributed by atoms with Gasteiger partial charge in [-0.05, 0) is 25.7 Å². The minimum atomic E-state index is 0.518. The first-order valence-corrected chi connectivity index (χ1v) is 5.43. The molecule has 1 aliphatic rings. The lowest BCUT2D eigenvalue weighted by molar-refractivity contribution is 0.222. The van der Waals surface area contributed by atoms with E-state index in [1.807, 2.05) is 6.33 Å². The molecule has 1 heterocycles. The molecule has 1 saturated carbocycles. The molecule has 1 aliphatic carbocycles. The van der Waals surface area contributed by atoms with Crippen LogP contribution in [0.15, 0.2) is 12.5 Å². The van der Waals surface area contributed by atoms with Crippen LogP contribution in [0.25, 0.3) is 0 Å². The van der Waals surface area contributed by atoms with Crippen molar-refractivity contribution in [1.82, 2.24) is 9.55 Å². The number of nitrogens with zero attached hydrogens (tertiary/aromatic N) is 2. The van der Waals surface area contributed by atoms with E-state index in [1.54, 1.807) is 0 Å². The smallest absolute Gasteiger partial charge is 0.0952 e. The van der Waals surface area contributed by atoms with E-state index in [0.29, 0.717) is 11.9 Å². The maximum atomic E-state index is 5.70. The molecular formula is C10H15ClN2. The molecule has 0 aliphatic heterocycles. The van der Waals surface area contributed by atoms with Crippen molar-refractivity contribution < 1.29 is 0 Å². The van der Waals surface area contributed by atoms with E-state index in [9.17, 15) is 0 Å². The molecule has 72 valence electrons. The van der Waals surface area contributed by atoms with Crippen molar-refractivity contribution in [3.63, 3.8) is 0 Å². The summed E-state index contributed by atoms with van der Waals surface area (Å²) in [6.45, 7) is 2.27. The minimum Gasteiger partial charge on any atom is -0.334 e. The zero-order chi connectivity index (χ0) is 9.26. The summed E-state index contributed by atoms with van der Waals surface area (Å²) in [5.41, 5.74) is 0.979. The monoisotopic (exact) mass is 198 g/mol. The molecule has 1 unspecified atom stereocenters. The summed E-state index contributed by atoms with van der Waals surface area (Å²) in [5.74, 6) is 1.38. The highest BCUT2D eigenvalue weighted by Crippen LogP contribution is 2.35. The normalized spacial score (nSPS) is 19.8. The number of hydrogen-bond donors (Lipinski definition) is 0. The number of hydrogen-bond acceptors (Lipinski definition) is 1. The summed E-state index contributed by atoms with van der Waals surface area (Å²) in [7, 11) is 0. The molecule has 13 heavy (non-hydrogen) atoms. The molecule has 3 heteroatoms. The highest BCUT2D eigenvalue weighted by atomic mass is 35.5. The van der Waals surface area contributed by atoms with Crippen molar-refractivity contribution in [2.24, 2.45) is 5.92 Å². The van der Waals surface area contributed by atoms with Crippen LogP contribution in [0.1, 0.15) is 37.9 Å². The van der Waals surface area contributed by atoms with Crippen LogP contribution in [0.3, 0.4) is 0 Å². The average molecular weight is 199 g/mol. The van der Waals surface area contributed by atoms with E-state index < -0.39 is 0 Å². The summed E-state index contributed by atoms with van der Waals surface area (Å²) >= 11 is 5.70. The van der Waals surface area contributed by atoms with Crippen molar-refractivity contribution >= 4 is 11.6 Å². The van der Waals surface area contributed by atoms with Gasteiger partial charge in [-0.25, -0.2) is 4.98 Å². The third kappa shape index (κ3) is 1.73. The minimum absolute atomic E-state index is 0.518. The van der Waals surface area contributed by atoms with Gasteiger partial charge in [0.2, 0.25) is 0 Å². The topological polar surface area (TPSA) is 17.8 Å². The Hall–Kier alpha value is -0.500. The maximum Gasteiger partial charge on any atom is 0.0952 e. The number of imidazole rings is 1. The summed E-state index contributed by atoms with van der Waals surface area (Å²) < 4.78 is 2.20. The van der Waals surface area contributed by atoms with Gasteiger partial charge >= 0.3 is 0 Å². The number of rotatable bonds is 3. The third-order valence-corrected chi connectivity index (χ3v) is 3.37. The molecule has 2 rings (SSSR count). The highest BCUT2D eigenvalue weighted by molar-refractivity contribution is 6.16. The lowest BCUT2D eigenvalue weighted by Crippen LogP contribution is -2.21. The largest absolute Gasteiger partial charge is 0.334 e. The van der Waals surface area contributed by atoms with E-state index in [4.69, 9.17) is 11.6 Å². The molecule has 1 fully saturated rings. The van der Waals surface area contributed by atoms with Gasteiger partial charge in [0.1, 0.15) is 0 Å². The average Bonchev–Trinajstić information content (AvgIpc) is 2.48. The Kier molecular flexibility index (Phi) is 2.58. The molecular weight excluding hydrogens is 184 g/mol. The van der Waals surface area contributed by atoms with Crippen LogP contribution in [-0.4, -0.2) is 9.55 Å². The van der Waals surface area contributed by atoms with Crippen LogP contribution in [0.5, 0.6) is 0 Å². The summed E-state index contributed by atoms with van der Waals surface area (Å²) in [4.78, 5) is 4.23. The molecule has 0 amide bonds. The van der Waals surface area contributed by atoms with E-state index in [-0.39, 0.29) is 0 Å². The predicted octanol–water partition coefficient (Wildman–Crippen LogP) is 2.98. The maximum absolute atomic E-state index is 5.70. The molecule has 0 N–H and O–H groups in total. The second kappa shape index (κ2) is 3.70. The van der Waals surface area contributed by atoms with Crippen LogP contribution in [0, 0.1) is 5.92 Å². The molecule has 1 atom stereocenters. The third-order valence-electron chi connectivity index (χ3n) is 3.09. The van der Waals surface area contributed by atoms with E-state index in [2.05, 4.69) is 22.7 Å². The molecule has 0 aromatic carbocycles. The van der Waals surface area contributed by atoms with Gasteiger partial charge in [-0.15, -0.1) is 11.6 Å². The fraction of sp³-hybridized carbons (Fsp3) is 0.700. The van der Waals surface area contributed by atoms with Crippen molar-refractivity contribution in [1.29, 1.82) is 0 Å². The van der Waals surface area contributed by atoms with Gasteiger partial charge in [0.15, 0.2) is 0 Å². The van der Waals surface area contributed by atoms with Gasteiger partial charge < -0.3 is 4.57 Å². The molecule has 2 nitrogen and oxygen atoms in total. The van der Waals surface area contributed by atoms with Crippen LogP contribution >= 0.6 is 11.6 Å². The van der Waals surface area contributed by atoms with Gasteiger partial charge in [0.25, 0.3) is 0 Å². The molecule has 0 bridgehead atoms. The van der Waals surface area contributed by atoms with Crippen LogP contribution in [0.4, 0.5) is 0 Å². The van der Waals surface area contributed by atoms with Crippen molar-refractivity contribution in [3.8, 4) is 0 Å². The van der Waals surface area contributed by atoms with E-state index in [1.165, 1.54) is 19.3 Å². The van der Waals surface area contributed by atoms with Crippen LogP contribution in [-0.2, 0) is 5.88 Å². The zero-order valence-corrected chi connectivity index (χ0v) is 8.67. The zero-order valence-electron chi connectivity index (χ0n) is 7.91. The second-order valence-corrected chi connectivity index (χ2v) is 4.14. The SMILES string of the molecule is CC(C1CCC1)n1cnc(CCl)c1. The number of aromatic nitrogens is 2. The highest BCUT2D eigenvalue weighted by Gasteiger charge is 2.24. The Morgan fingerprint density at radius 3 is 2.92 bits per heavy atom. The Bertz CT molecular complexity index is 278. The second-order valence-electron chi connectivity index (χ2n) is 3.88. The van der Waals surface area contributed by atoms with Gasteiger partial charge in [-0.1, -0.05) is 6.42 Å². The van der Waals surface area contributed by atoms with Crippen molar-refractivity contribution in [2.45, 2.75) is 38.1 Å².